The quantitative estimate of drug-likeness (QED) is 0.646. The molecule has 1 rings (SSSR count). The van der Waals surface area contributed by atoms with E-state index in [9.17, 15) is 9.90 Å². The third kappa shape index (κ3) is 3.58. The van der Waals surface area contributed by atoms with Crippen molar-refractivity contribution < 1.29 is 14.6 Å². The maximum atomic E-state index is 11.8. The number of ether oxygens (including phenoxy) is 1. The molecule has 100 valence electrons. The molecule has 0 fully saturated rings. The summed E-state index contributed by atoms with van der Waals surface area (Å²) in [5.74, 6) is 1.64. The Hall–Kier alpha value is -0.831. The molecule has 1 aromatic carbocycles. The van der Waals surface area contributed by atoms with Crippen LogP contribution in [0.25, 0.3) is 0 Å². The van der Waals surface area contributed by atoms with Crippen LogP contribution in [0.4, 0.5) is 0 Å². The van der Waals surface area contributed by atoms with Gasteiger partial charge in [0.25, 0.3) is 0 Å². The standard InChI is InChI=1S/C14H20O3Se/c1-14(18-3,13(16)17-2)12(15)10-9-11-7-5-4-6-8-11/h4-8,12,15H,9-10H2,1-3H3/t12-,14+/m1/s1. The number of rotatable bonds is 6. The molecular formula is C14H20O3Se. The number of methoxy groups -OCH3 is 1. The van der Waals surface area contributed by atoms with E-state index in [1.807, 2.05) is 36.2 Å². The molecule has 0 aliphatic rings. The molecule has 0 unspecified atom stereocenters. The Kier molecular flexibility index (Phi) is 5.86. The summed E-state index contributed by atoms with van der Waals surface area (Å²) in [7, 11) is 1.37. The first kappa shape index (κ1) is 15.2. The van der Waals surface area contributed by atoms with Gasteiger partial charge in [0.15, 0.2) is 0 Å². The molecular weight excluding hydrogens is 295 g/mol. The molecule has 1 aromatic rings. The fourth-order valence-corrected chi connectivity index (χ4v) is 3.12. The Labute approximate surface area is 115 Å². The number of aliphatic hydroxyl groups excluding tert-OH is 1. The summed E-state index contributed by atoms with van der Waals surface area (Å²) in [5.41, 5.74) is 1.17. The van der Waals surface area contributed by atoms with Gasteiger partial charge in [-0.2, -0.15) is 0 Å². The number of esters is 1. The SMILES string of the molecule is COC(=O)[C@@](C)([Se]C)[C@H](O)CCc1ccccc1. The topological polar surface area (TPSA) is 46.5 Å². The number of carbonyl (C=O) groups excluding carboxylic acids is 1. The summed E-state index contributed by atoms with van der Waals surface area (Å²) in [6.45, 7) is 1.79. The molecule has 0 aromatic heterocycles. The molecule has 0 aliphatic carbocycles. The molecule has 0 radical (unpaired) electrons. The van der Waals surface area contributed by atoms with Crippen LogP contribution in [0.5, 0.6) is 0 Å². The molecule has 2 atom stereocenters. The van der Waals surface area contributed by atoms with Gasteiger partial charge in [-0.1, -0.05) is 0 Å². The van der Waals surface area contributed by atoms with Gasteiger partial charge in [-0.15, -0.1) is 0 Å². The van der Waals surface area contributed by atoms with Gasteiger partial charge in [0, 0.05) is 0 Å². The zero-order chi connectivity index (χ0) is 13.6. The van der Waals surface area contributed by atoms with Gasteiger partial charge in [0.2, 0.25) is 0 Å². The second-order valence-corrected chi connectivity index (χ2v) is 6.98. The minimum atomic E-state index is -0.753. The summed E-state index contributed by atoms with van der Waals surface area (Å²) in [6, 6.07) is 9.97. The van der Waals surface area contributed by atoms with Crippen LogP contribution in [-0.4, -0.2) is 39.2 Å². The van der Waals surface area contributed by atoms with E-state index in [2.05, 4.69) is 0 Å². The van der Waals surface area contributed by atoms with Gasteiger partial charge in [-0.05, 0) is 0 Å². The van der Waals surface area contributed by atoms with Crippen LogP contribution in [0.2, 0.25) is 10.1 Å². The third-order valence-electron chi connectivity index (χ3n) is 3.20. The summed E-state index contributed by atoms with van der Waals surface area (Å²) >= 11 is -0.00377. The maximum absolute atomic E-state index is 11.8. The third-order valence-corrected chi connectivity index (χ3v) is 5.90. The average Bonchev–Trinajstić information content (AvgIpc) is 2.43. The zero-order valence-corrected chi connectivity index (χ0v) is 12.8. The Morgan fingerprint density at radius 1 is 1.44 bits per heavy atom. The van der Waals surface area contributed by atoms with Crippen LogP contribution in [0, 0.1) is 0 Å². The van der Waals surface area contributed by atoms with Crippen molar-refractivity contribution in [1.82, 2.24) is 0 Å². The predicted molar refractivity (Wildman–Crippen MR) is 72.8 cm³/mol. The fraction of sp³-hybridized carbons (Fsp3) is 0.500. The van der Waals surface area contributed by atoms with E-state index in [4.69, 9.17) is 4.74 Å². The van der Waals surface area contributed by atoms with E-state index in [0.717, 1.165) is 6.42 Å². The monoisotopic (exact) mass is 316 g/mol. The second kappa shape index (κ2) is 6.93. The molecule has 3 nitrogen and oxygen atoms in total. The van der Waals surface area contributed by atoms with Crippen molar-refractivity contribution in [3.8, 4) is 0 Å². The van der Waals surface area contributed by atoms with Crippen LogP contribution >= 0.6 is 0 Å². The van der Waals surface area contributed by atoms with Gasteiger partial charge in [-0.3, -0.25) is 0 Å². The molecule has 18 heavy (non-hydrogen) atoms. The van der Waals surface area contributed by atoms with Gasteiger partial charge in [0.1, 0.15) is 0 Å². The number of aliphatic hydroxyl groups is 1. The zero-order valence-electron chi connectivity index (χ0n) is 11.1. The molecule has 0 bridgehead atoms. The van der Waals surface area contributed by atoms with Gasteiger partial charge < -0.3 is 0 Å². The van der Waals surface area contributed by atoms with Crippen molar-refractivity contribution in [3.63, 3.8) is 0 Å². The number of benzene rings is 1. The Morgan fingerprint density at radius 2 is 2.06 bits per heavy atom. The number of hydrogen-bond donors (Lipinski definition) is 1. The summed E-state index contributed by atoms with van der Waals surface area (Å²) in [6.07, 6.45) is 0.686. The Bertz CT molecular complexity index is 380. The van der Waals surface area contributed by atoms with Gasteiger partial charge in [0.05, 0.1) is 0 Å². The molecule has 4 heteroatoms. The van der Waals surface area contributed by atoms with Crippen molar-refractivity contribution in [2.24, 2.45) is 0 Å². The summed E-state index contributed by atoms with van der Waals surface area (Å²) in [5, 5.41) is 10.2. The van der Waals surface area contributed by atoms with Crippen molar-refractivity contribution in [2.45, 2.75) is 36.0 Å². The molecule has 0 heterocycles. The minimum absolute atomic E-state index is 0.00377. The normalized spacial score (nSPS) is 15.8. The first-order valence-electron chi connectivity index (χ1n) is 5.90. The van der Waals surface area contributed by atoms with E-state index >= 15 is 0 Å². The van der Waals surface area contributed by atoms with Gasteiger partial charge >= 0.3 is 115 Å². The number of hydrogen-bond acceptors (Lipinski definition) is 3. The Morgan fingerprint density at radius 3 is 2.56 bits per heavy atom. The first-order valence-corrected chi connectivity index (χ1v) is 8.47. The van der Waals surface area contributed by atoms with E-state index in [0.29, 0.717) is 6.42 Å². The molecule has 0 spiro atoms. The van der Waals surface area contributed by atoms with E-state index in [1.165, 1.54) is 12.7 Å². The van der Waals surface area contributed by atoms with Crippen molar-refractivity contribution in [1.29, 1.82) is 0 Å². The molecule has 0 saturated carbocycles. The van der Waals surface area contributed by atoms with Crippen molar-refractivity contribution >= 4 is 20.9 Å². The predicted octanol–water partition coefficient (Wildman–Crippen LogP) is 2.08. The van der Waals surface area contributed by atoms with E-state index < -0.39 is 10.4 Å². The molecule has 0 saturated heterocycles. The summed E-state index contributed by atoms with van der Waals surface area (Å²) < 4.78 is 4.04. The molecule has 1 N–H and O–H groups in total. The van der Waals surface area contributed by atoms with Crippen LogP contribution in [0.1, 0.15) is 18.9 Å². The van der Waals surface area contributed by atoms with Gasteiger partial charge in [-0.25, -0.2) is 0 Å². The fourth-order valence-electron chi connectivity index (χ4n) is 1.78. The van der Waals surface area contributed by atoms with Crippen molar-refractivity contribution in [2.75, 3.05) is 7.11 Å². The summed E-state index contributed by atoms with van der Waals surface area (Å²) in [4.78, 5) is 11.8. The first-order chi connectivity index (χ1) is 8.54. The van der Waals surface area contributed by atoms with E-state index in [-0.39, 0.29) is 20.9 Å². The van der Waals surface area contributed by atoms with Crippen molar-refractivity contribution in [3.05, 3.63) is 35.9 Å². The van der Waals surface area contributed by atoms with Crippen LogP contribution < -0.4 is 0 Å². The number of aryl methyl sites for hydroxylation is 1. The van der Waals surface area contributed by atoms with Crippen LogP contribution in [0.15, 0.2) is 30.3 Å². The van der Waals surface area contributed by atoms with Crippen LogP contribution in [-0.2, 0) is 16.0 Å². The van der Waals surface area contributed by atoms with E-state index in [1.54, 1.807) is 6.92 Å². The molecule has 0 amide bonds. The van der Waals surface area contributed by atoms with Crippen LogP contribution in [0.3, 0.4) is 0 Å². The average molecular weight is 315 g/mol. The number of carbonyl (C=O) groups is 1. The Balaban J connectivity index is 2.63. The second-order valence-electron chi connectivity index (χ2n) is 4.34. The molecule has 0 aliphatic heterocycles.